The van der Waals surface area contributed by atoms with E-state index >= 15 is 0 Å². The molecule has 0 atom stereocenters. The Bertz CT molecular complexity index is 898. The van der Waals surface area contributed by atoms with Crippen molar-refractivity contribution in [2.75, 3.05) is 22.9 Å². The van der Waals surface area contributed by atoms with Gasteiger partial charge < -0.3 is 14.9 Å². The van der Waals surface area contributed by atoms with Crippen molar-refractivity contribution in [1.82, 2.24) is 0 Å². The summed E-state index contributed by atoms with van der Waals surface area (Å²) in [4.78, 5) is 14.6. The predicted octanol–water partition coefficient (Wildman–Crippen LogP) is 5.86. The number of benzene rings is 2. The molecule has 5 nitrogen and oxygen atoms in total. The van der Waals surface area contributed by atoms with Crippen LogP contribution in [0.1, 0.15) is 47.2 Å². The maximum Gasteiger partial charge on any atom is 0 e. The van der Waals surface area contributed by atoms with Crippen LogP contribution in [0.15, 0.2) is 36.1 Å². The number of ketones is 1. The molecule has 0 amide bonds. The minimum absolute atomic E-state index is 0. The van der Waals surface area contributed by atoms with Gasteiger partial charge in [-0.15, -0.1) is 0 Å². The first-order valence-corrected chi connectivity index (χ1v) is 10.5. The molecule has 33 heavy (non-hydrogen) atoms. The molecule has 0 saturated carbocycles. The van der Waals surface area contributed by atoms with Crippen molar-refractivity contribution >= 4 is 17.2 Å². The molecular weight excluding hydrogens is 503 g/mol. The van der Waals surface area contributed by atoms with Crippen LogP contribution >= 0.6 is 0 Å². The quantitative estimate of drug-likeness (QED) is 0.175. The van der Waals surface area contributed by atoms with Crippen molar-refractivity contribution in [1.29, 1.82) is 0 Å². The summed E-state index contributed by atoms with van der Waals surface area (Å²) in [5.41, 5.74) is 10.6. The standard InChI is InChI=1S/C21H26N2.C5H8O2.CO.Rh/c1-14-9-16(3)20(17(4)10-14)22-7-8-23(13-22)21-18(5)11-15(2)12-19(21)6;1-4(6)3-5(2)7;1-2;/h9-12H,7-8H2,1-6H3;3,6H,1-2H3;;/b;4-3-;;. The van der Waals surface area contributed by atoms with Crippen molar-refractivity contribution in [3.8, 4) is 0 Å². The number of hydrogen-bond donors (Lipinski definition) is 1. The van der Waals surface area contributed by atoms with Gasteiger partial charge in [-0.25, -0.2) is 0 Å². The molecule has 0 bridgehead atoms. The number of carbonyl (C=O) groups is 1. The second-order valence-electron chi connectivity index (χ2n) is 8.29. The third-order valence-electron chi connectivity index (χ3n) is 5.01. The van der Waals surface area contributed by atoms with Gasteiger partial charge >= 0.3 is 11.3 Å². The van der Waals surface area contributed by atoms with Crippen LogP contribution < -0.4 is 9.80 Å². The third-order valence-corrected chi connectivity index (χ3v) is 5.01. The fourth-order valence-electron chi connectivity index (χ4n) is 4.26. The number of aliphatic hydroxyl groups is 1. The van der Waals surface area contributed by atoms with E-state index in [4.69, 9.17) is 9.76 Å². The number of rotatable bonds is 3. The van der Waals surface area contributed by atoms with E-state index in [0.717, 1.165) is 13.1 Å². The van der Waals surface area contributed by atoms with E-state index in [0.29, 0.717) is 0 Å². The van der Waals surface area contributed by atoms with E-state index in [9.17, 15) is 4.79 Å². The van der Waals surface area contributed by atoms with E-state index < -0.39 is 0 Å². The van der Waals surface area contributed by atoms with Gasteiger partial charge in [0, 0.05) is 50.0 Å². The van der Waals surface area contributed by atoms with Crippen molar-refractivity contribution in [3.05, 3.63) is 82.8 Å². The SMILES string of the molecule is CC(=O)/C=C(/C)O.Cc1cc(C)c(N2[C]N(c3c(C)cc(C)cc3C)CC2)c(C)c1.[C-]#[O+].[Rh]. The number of aryl methyl sites for hydroxylation is 6. The Kier molecular flexibility index (Phi) is 13.0. The summed E-state index contributed by atoms with van der Waals surface area (Å²) in [5.74, 6) is -0.0625. The molecule has 6 heteroatoms. The number of carbonyl (C=O) groups excluding carboxylic acids is 1. The number of allylic oxidation sites excluding steroid dienone is 2. The van der Waals surface area contributed by atoms with E-state index in [-0.39, 0.29) is 31.0 Å². The topological polar surface area (TPSA) is 63.7 Å². The molecule has 1 N–H and O–H groups in total. The van der Waals surface area contributed by atoms with Crippen LogP contribution in [0.5, 0.6) is 0 Å². The van der Waals surface area contributed by atoms with Gasteiger partial charge in [-0.05, 0) is 77.6 Å². The molecule has 3 rings (SSSR count). The summed E-state index contributed by atoms with van der Waals surface area (Å²) >= 11 is 0. The number of nitrogens with zero attached hydrogens (tertiary/aromatic N) is 2. The monoisotopic (exact) mass is 537 g/mol. The Morgan fingerprint density at radius 3 is 1.36 bits per heavy atom. The molecule has 2 aromatic rings. The first kappa shape index (κ1) is 30.6. The predicted molar refractivity (Wildman–Crippen MR) is 130 cm³/mol. The number of aliphatic hydroxyl groups excluding tert-OH is 1. The zero-order chi connectivity index (χ0) is 24.6. The zero-order valence-corrected chi connectivity index (χ0v) is 22.4. The summed E-state index contributed by atoms with van der Waals surface area (Å²) in [5, 5.41) is 8.36. The van der Waals surface area contributed by atoms with Crippen molar-refractivity contribution in [2.45, 2.75) is 55.4 Å². The molecule has 3 radical (unpaired) electrons. The van der Waals surface area contributed by atoms with E-state index in [2.05, 4.69) is 88.9 Å². The Hall–Kier alpha value is -2.39. The van der Waals surface area contributed by atoms with Gasteiger partial charge in [-0.1, -0.05) is 35.4 Å². The molecule has 0 aromatic heterocycles. The average molecular weight is 537 g/mol. The number of anilines is 2. The van der Waals surface area contributed by atoms with Crippen LogP contribution in [0.25, 0.3) is 0 Å². The fourth-order valence-corrected chi connectivity index (χ4v) is 4.26. The van der Waals surface area contributed by atoms with Crippen LogP contribution in [0, 0.1) is 54.9 Å². The summed E-state index contributed by atoms with van der Waals surface area (Å²) < 4.78 is 7.50. The zero-order valence-electron chi connectivity index (χ0n) is 20.8. The molecule has 1 fully saturated rings. The van der Waals surface area contributed by atoms with Gasteiger partial charge in [0.15, 0.2) is 5.78 Å². The summed E-state index contributed by atoms with van der Waals surface area (Å²) in [7, 11) is 0. The normalized spacial score (nSPS) is 12.7. The summed E-state index contributed by atoms with van der Waals surface area (Å²) in [6.45, 7) is 26.0. The van der Waals surface area contributed by atoms with Gasteiger partial charge in [0.2, 0.25) is 6.67 Å². The molecule has 1 heterocycles. The minimum Gasteiger partial charge on any atom is 0 e. The molecular formula is C27H34N2O3Rh. The Morgan fingerprint density at radius 1 is 0.848 bits per heavy atom. The average Bonchev–Trinajstić information content (AvgIpc) is 3.10. The molecule has 1 aliphatic heterocycles. The molecule has 1 aliphatic rings. The number of hydrogen-bond acceptors (Lipinski definition) is 4. The van der Waals surface area contributed by atoms with Crippen LogP contribution in [0.3, 0.4) is 0 Å². The molecule has 1 saturated heterocycles. The van der Waals surface area contributed by atoms with Gasteiger partial charge in [-0.3, -0.25) is 4.79 Å². The maximum atomic E-state index is 10.0. The van der Waals surface area contributed by atoms with Crippen molar-refractivity contribution in [3.63, 3.8) is 0 Å². The summed E-state index contributed by atoms with van der Waals surface area (Å²) in [6, 6.07) is 9.04. The maximum absolute atomic E-state index is 10.0. The van der Waals surface area contributed by atoms with E-state index in [1.807, 2.05) is 0 Å². The molecule has 0 unspecified atom stereocenters. The molecule has 0 spiro atoms. The van der Waals surface area contributed by atoms with Gasteiger partial charge in [0.05, 0.1) is 5.76 Å². The van der Waals surface area contributed by atoms with Gasteiger partial charge in [-0.2, -0.15) is 0 Å². The minimum atomic E-state index is -0.125. The van der Waals surface area contributed by atoms with Crippen molar-refractivity contribution in [2.24, 2.45) is 0 Å². The van der Waals surface area contributed by atoms with Crippen LogP contribution in [0.4, 0.5) is 11.4 Å². The molecule has 179 valence electrons. The van der Waals surface area contributed by atoms with Crippen LogP contribution in [-0.2, 0) is 28.9 Å². The second-order valence-corrected chi connectivity index (χ2v) is 8.29. The second kappa shape index (κ2) is 14.0. The first-order valence-electron chi connectivity index (χ1n) is 10.5. The van der Waals surface area contributed by atoms with Gasteiger partial charge in [0.25, 0.3) is 0 Å². The van der Waals surface area contributed by atoms with Crippen LogP contribution in [0.2, 0.25) is 0 Å². The molecule has 0 aliphatic carbocycles. The van der Waals surface area contributed by atoms with Crippen LogP contribution in [-0.4, -0.2) is 24.0 Å². The van der Waals surface area contributed by atoms with E-state index in [1.54, 1.807) is 0 Å². The van der Waals surface area contributed by atoms with Gasteiger partial charge in [0.1, 0.15) is 0 Å². The molecule has 2 aromatic carbocycles. The Balaban J connectivity index is 0.000000884. The first-order chi connectivity index (χ1) is 15.0. The van der Waals surface area contributed by atoms with Crippen molar-refractivity contribution < 1.29 is 34.0 Å². The fraction of sp³-hybridized carbons (Fsp3) is 0.370. The smallest absolute Gasteiger partial charge is 0 e. The summed E-state index contributed by atoms with van der Waals surface area (Å²) in [6.07, 6.45) is 1.17. The largest absolute Gasteiger partial charge is 0 e. The Morgan fingerprint density at radius 2 is 1.15 bits per heavy atom. The van der Waals surface area contributed by atoms with E-state index in [1.165, 1.54) is 64.7 Å². The third kappa shape index (κ3) is 8.81. The Labute approximate surface area is 212 Å².